The molecule has 2 aromatic carbocycles. The summed E-state index contributed by atoms with van der Waals surface area (Å²) in [5.74, 6) is -0.680. The van der Waals surface area contributed by atoms with Crippen LogP contribution in [0.15, 0.2) is 48.5 Å². The van der Waals surface area contributed by atoms with E-state index in [0.29, 0.717) is 12.5 Å². The first-order valence-electron chi connectivity index (χ1n) is 11.1. The maximum absolute atomic E-state index is 12.4. The van der Waals surface area contributed by atoms with Gasteiger partial charge in [0, 0.05) is 25.4 Å². The summed E-state index contributed by atoms with van der Waals surface area (Å²) < 4.78 is 5.57. The van der Waals surface area contributed by atoms with Crippen LogP contribution in [0.3, 0.4) is 0 Å². The second-order valence-corrected chi connectivity index (χ2v) is 8.50. The van der Waals surface area contributed by atoms with Crippen molar-refractivity contribution in [1.82, 2.24) is 10.6 Å². The topological polar surface area (TPSA) is 105 Å². The summed E-state index contributed by atoms with van der Waals surface area (Å²) in [6, 6.07) is 16.4. The molecule has 2 aromatic rings. The van der Waals surface area contributed by atoms with E-state index in [2.05, 4.69) is 34.9 Å². The molecule has 1 atom stereocenters. The van der Waals surface area contributed by atoms with Gasteiger partial charge in [-0.25, -0.2) is 4.79 Å². The van der Waals surface area contributed by atoms with E-state index in [0.717, 1.165) is 24.0 Å². The zero-order valence-electron chi connectivity index (χ0n) is 17.9. The maximum atomic E-state index is 12.4. The first-order chi connectivity index (χ1) is 15.5. The normalized spacial score (nSPS) is 15.4. The summed E-state index contributed by atoms with van der Waals surface area (Å²) in [4.78, 5) is 35.1. The summed E-state index contributed by atoms with van der Waals surface area (Å²) in [7, 11) is 0. The van der Waals surface area contributed by atoms with Gasteiger partial charge in [0.25, 0.3) is 0 Å². The Balaban J connectivity index is 1.28. The smallest absolute Gasteiger partial charge is 0.407 e. The molecule has 0 bridgehead atoms. The lowest BCUT2D eigenvalue weighted by Gasteiger charge is -2.18. The summed E-state index contributed by atoms with van der Waals surface area (Å²) in [5, 5.41) is 14.1. The van der Waals surface area contributed by atoms with Crippen LogP contribution >= 0.6 is 0 Å². The molecule has 1 fully saturated rings. The van der Waals surface area contributed by atoms with Crippen molar-refractivity contribution in [3.05, 3.63) is 59.7 Å². The molecule has 2 aliphatic rings. The average Bonchev–Trinajstić information content (AvgIpc) is 3.58. The Kier molecular flexibility index (Phi) is 6.73. The molecule has 2 amide bonds. The minimum absolute atomic E-state index is 0.00684. The number of carbonyl (C=O) groups is 3. The lowest BCUT2D eigenvalue weighted by Crippen LogP contribution is -2.35. The van der Waals surface area contributed by atoms with Crippen LogP contribution in [0.4, 0.5) is 4.79 Å². The van der Waals surface area contributed by atoms with Gasteiger partial charge in [0.05, 0.1) is 6.42 Å². The number of carboxylic acids is 1. The predicted octanol–water partition coefficient (Wildman–Crippen LogP) is 3.53. The molecule has 7 nitrogen and oxygen atoms in total. The molecule has 2 aliphatic carbocycles. The first-order valence-corrected chi connectivity index (χ1v) is 11.1. The van der Waals surface area contributed by atoms with Crippen molar-refractivity contribution in [1.29, 1.82) is 0 Å². The van der Waals surface area contributed by atoms with Crippen molar-refractivity contribution in [2.75, 3.05) is 19.7 Å². The molecule has 0 heterocycles. The molecule has 1 saturated carbocycles. The van der Waals surface area contributed by atoms with Crippen molar-refractivity contribution < 1.29 is 24.2 Å². The first kappa shape index (κ1) is 21.9. The second kappa shape index (κ2) is 9.85. The van der Waals surface area contributed by atoms with Gasteiger partial charge in [-0.15, -0.1) is 0 Å². The van der Waals surface area contributed by atoms with Gasteiger partial charge in [-0.1, -0.05) is 48.5 Å². The minimum atomic E-state index is -0.944. The maximum Gasteiger partial charge on any atom is 0.407 e. The Morgan fingerprint density at radius 1 is 0.969 bits per heavy atom. The Morgan fingerprint density at radius 2 is 1.59 bits per heavy atom. The number of ether oxygens (including phenoxy) is 1. The quantitative estimate of drug-likeness (QED) is 0.528. The molecule has 3 N–H and O–H groups in total. The number of fused-ring (bicyclic) bond motifs is 3. The van der Waals surface area contributed by atoms with Crippen LogP contribution in [0, 0.1) is 11.8 Å². The highest BCUT2D eigenvalue weighted by atomic mass is 16.5. The molecule has 168 valence electrons. The molecule has 0 spiro atoms. The number of alkyl carbamates (subject to hydrolysis) is 1. The highest BCUT2D eigenvalue weighted by Gasteiger charge is 2.33. The van der Waals surface area contributed by atoms with E-state index >= 15 is 0 Å². The van der Waals surface area contributed by atoms with E-state index in [1.165, 1.54) is 11.1 Å². The van der Waals surface area contributed by atoms with Gasteiger partial charge in [-0.2, -0.15) is 0 Å². The fourth-order valence-electron chi connectivity index (χ4n) is 4.46. The molecule has 0 radical (unpaired) electrons. The number of hydrogen-bond donors (Lipinski definition) is 3. The van der Waals surface area contributed by atoms with Gasteiger partial charge in [0.1, 0.15) is 6.61 Å². The Hall–Kier alpha value is -3.35. The van der Waals surface area contributed by atoms with Crippen molar-refractivity contribution in [2.24, 2.45) is 11.8 Å². The monoisotopic (exact) mass is 436 g/mol. The zero-order valence-corrected chi connectivity index (χ0v) is 17.9. The minimum Gasteiger partial charge on any atom is -0.481 e. The molecule has 7 heteroatoms. The standard InChI is InChI=1S/C25H28N2O5/c28-23(26-12-11-24(29)30)13-17(16-9-10-16)14-27-25(31)32-15-22-20-7-3-1-5-18(20)19-6-2-4-8-21(19)22/h1-8,16-17,22H,9-15H2,(H,26,28)(H,27,31)(H,29,30). The second-order valence-electron chi connectivity index (χ2n) is 8.50. The average molecular weight is 437 g/mol. The molecule has 4 rings (SSSR count). The van der Waals surface area contributed by atoms with Crippen LogP contribution < -0.4 is 10.6 Å². The third-order valence-corrected chi connectivity index (χ3v) is 6.25. The largest absolute Gasteiger partial charge is 0.481 e. The van der Waals surface area contributed by atoms with E-state index in [1.807, 2.05) is 24.3 Å². The van der Waals surface area contributed by atoms with E-state index < -0.39 is 12.1 Å². The van der Waals surface area contributed by atoms with Crippen LogP contribution in [-0.4, -0.2) is 42.8 Å². The van der Waals surface area contributed by atoms with Gasteiger partial charge in [-0.3, -0.25) is 9.59 Å². The van der Waals surface area contributed by atoms with E-state index in [4.69, 9.17) is 9.84 Å². The van der Waals surface area contributed by atoms with Crippen LogP contribution in [0.25, 0.3) is 11.1 Å². The number of nitrogens with one attached hydrogen (secondary N) is 2. The van der Waals surface area contributed by atoms with Crippen molar-refractivity contribution >= 4 is 18.0 Å². The highest BCUT2D eigenvalue weighted by Crippen LogP contribution is 2.44. The van der Waals surface area contributed by atoms with Crippen molar-refractivity contribution in [2.45, 2.75) is 31.6 Å². The molecular formula is C25H28N2O5. The number of carboxylic acid groups (broad SMARTS) is 1. The number of carbonyl (C=O) groups excluding carboxylic acids is 2. The molecular weight excluding hydrogens is 408 g/mol. The zero-order chi connectivity index (χ0) is 22.5. The Bertz CT molecular complexity index is 956. The van der Waals surface area contributed by atoms with E-state index in [1.54, 1.807) is 0 Å². The molecule has 32 heavy (non-hydrogen) atoms. The summed E-state index contributed by atoms with van der Waals surface area (Å²) in [5.41, 5.74) is 4.69. The fourth-order valence-corrected chi connectivity index (χ4v) is 4.46. The van der Waals surface area contributed by atoms with Crippen molar-refractivity contribution in [3.8, 4) is 11.1 Å². The number of amides is 2. The van der Waals surface area contributed by atoms with Crippen LogP contribution in [0.1, 0.15) is 42.7 Å². The fraction of sp³-hybridized carbons (Fsp3) is 0.400. The number of benzene rings is 2. The molecule has 0 aliphatic heterocycles. The number of hydrogen-bond acceptors (Lipinski definition) is 4. The van der Waals surface area contributed by atoms with Crippen LogP contribution in [0.2, 0.25) is 0 Å². The summed E-state index contributed by atoms with van der Waals surface area (Å²) in [6.07, 6.45) is 1.77. The molecule has 0 aromatic heterocycles. The van der Waals surface area contributed by atoms with Crippen LogP contribution in [-0.2, 0) is 14.3 Å². The number of aliphatic carboxylic acids is 1. The third kappa shape index (κ3) is 5.28. The van der Waals surface area contributed by atoms with E-state index in [-0.39, 0.29) is 43.7 Å². The van der Waals surface area contributed by atoms with Crippen molar-refractivity contribution in [3.63, 3.8) is 0 Å². The lowest BCUT2D eigenvalue weighted by molar-refractivity contribution is -0.136. The van der Waals surface area contributed by atoms with Gasteiger partial charge < -0.3 is 20.5 Å². The van der Waals surface area contributed by atoms with E-state index in [9.17, 15) is 14.4 Å². The molecule has 0 saturated heterocycles. The van der Waals surface area contributed by atoms with Crippen LogP contribution in [0.5, 0.6) is 0 Å². The highest BCUT2D eigenvalue weighted by molar-refractivity contribution is 5.79. The Morgan fingerprint density at radius 3 is 2.19 bits per heavy atom. The molecule has 1 unspecified atom stereocenters. The van der Waals surface area contributed by atoms with Gasteiger partial charge in [-0.05, 0) is 46.9 Å². The summed E-state index contributed by atoms with van der Waals surface area (Å²) >= 11 is 0. The third-order valence-electron chi connectivity index (χ3n) is 6.25. The number of rotatable bonds is 10. The predicted molar refractivity (Wildman–Crippen MR) is 119 cm³/mol. The Labute approximate surface area is 187 Å². The van der Waals surface area contributed by atoms with Gasteiger partial charge in [0.2, 0.25) is 5.91 Å². The van der Waals surface area contributed by atoms with Gasteiger partial charge >= 0.3 is 12.1 Å². The lowest BCUT2D eigenvalue weighted by atomic mass is 9.98. The summed E-state index contributed by atoms with van der Waals surface area (Å²) in [6.45, 7) is 0.739. The SMILES string of the molecule is O=C(O)CCNC(=O)CC(CNC(=O)OCC1c2ccccc2-c2ccccc21)C1CC1. The van der Waals surface area contributed by atoms with Gasteiger partial charge in [0.15, 0.2) is 0 Å².